The Kier molecular flexibility index (Phi) is 3.82. The molecule has 0 N–H and O–H groups in total. The molecular weight excluding hydrogens is 214 g/mol. The second-order valence-electron chi connectivity index (χ2n) is 4.72. The number of amides is 1. The summed E-state index contributed by atoms with van der Waals surface area (Å²) < 4.78 is 1.74. The van der Waals surface area contributed by atoms with Crippen LogP contribution in [0, 0.1) is 0 Å². The van der Waals surface area contributed by atoms with E-state index in [0.29, 0.717) is 0 Å². The molecule has 0 unspecified atom stereocenters. The van der Waals surface area contributed by atoms with Crippen molar-refractivity contribution < 1.29 is 4.79 Å². The normalized spacial score (nSPS) is 16.9. The molecule has 1 amide bonds. The Balaban J connectivity index is 2.17. The van der Waals surface area contributed by atoms with Crippen LogP contribution in [-0.2, 0) is 13.5 Å². The van der Waals surface area contributed by atoms with Crippen molar-refractivity contribution in [2.75, 3.05) is 13.1 Å². The van der Waals surface area contributed by atoms with E-state index in [1.807, 2.05) is 25.1 Å². The van der Waals surface area contributed by atoms with Gasteiger partial charge in [0, 0.05) is 26.3 Å². The van der Waals surface area contributed by atoms with Gasteiger partial charge in [-0.25, -0.2) is 0 Å². The maximum Gasteiger partial charge on any atom is 0.257 e. The Bertz CT molecular complexity index is 389. The van der Waals surface area contributed by atoms with Gasteiger partial charge in [-0.05, 0) is 19.3 Å². The summed E-state index contributed by atoms with van der Waals surface area (Å²) in [7, 11) is 1.87. The third-order valence-electron chi connectivity index (χ3n) is 3.36. The average molecular weight is 235 g/mol. The van der Waals surface area contributed by atoms with Gasteiger partial charge < -0.3 is 4.90 Å². The molecule has 2 rings (SSSR count). The van der Waals surface area contributed by atoms with Gasteiger partial charge in [0.25, 0.3) is 5.91 Å². The van der Waals surface area contributed by atoms with Crippen LogP contribution in [0.15, 0.2) is 6.20 Å². The molecule has 0 radical (unpaired) electrons. The largest absolute Gasteiger partial charge is 0.339 e. The van der Waals surface area contributed by atoms with Gasteiger partial charge in [-0.1, -0.05) is 19.8 Å². The molecule has 0 saturated carbocycles. The van der Waals surface area contributed by atoms with Crippen molar-refractivity contribution in [1.82, 2.24) is 14.7 Å². The van der Waals surface area contributed by atoms with E-state index in [1.165, 1.54) is 12.8 Å². The number of nitrogens with zero attached hydrogens (tertiary/aromatic N) is 3. The van der Waals surface area contributed by atoms with Crippen LogP contribution in [0.4, 0.5) is 0 Å². The highest BCUT2D eigenvalue weighted by atomic mass is 16.2. The minimum Gasteiger partial charge on any atom is -0.339 e. The highest BCUT2D eigenvalue weighted by Gasteiger charge is 2.21. The van der Waals surface area contributed by atoms with Crippen LogP contribution in [-0.4, -0.2) is 33.7 Å². The van der Waals surface area contributed by atoms with E-state index in [-0.39, 0.29) is 5.91 Å². The van der Waals surface area contributed by atoms with Gasteiger partial charge in [0.05, 0.1) is 11.3 Å². The lowest BCUT2D eigenvalue weighted by atomic mass is 10.2. The minimum absolute atomic E-state index is 0.164. The smallest absolute Gasteiger partial charge is 0.257 e. The lowest BCUT2D eigenvalue weighted by Gasteiger charge is -2.19. The molecule has 0 aromatic carbocycles. The molecule has 0 spiro atoms. The van der Waals surface area contributed by atoms with Crippen molar-refractivity contribution in [1.29, 1.82) is 0 Å². The zero-order valence-corrected chi connectivity index (χ0v) is 10.8. The van der Waals surface area contributed by atoms with Crippen LogP contribution >= 0.6 is 0 Å². The first-order chi connectivity index (χ1) is 8.22. The Morgan fingerprint density at radius 3 is 2.53 bits per heavy atom. The Labute approximate surface area is 103 Å². The number of rotatable bonds is 2. The van der Waals surface area contributed by atoms with Crippen LogP contribution in [0.1, 0.15) is 48.7 Å². The quantitative estimate of drug-likeness (QED) is 0.786. The molecule has 2 heterocycles. The summed E-state index contributed by atoms with van der Waals surface area (Å²) in [6.07, 6.45) is 7.43. The van der Waals surface area contributed by atoms with Crippen LogP contribution < -0.4 is 0 Å². The van der Waals surface area contributed by atoms with Crippen molar-refractivity contribution in [3.63, 3.8) is 0 Å². The van der Waals surface area contributed by atoms with Crippen LogP contribution in [0.3, 0.4) is 0 Å². The molecule has 0 atom stereocenters. The van der Waals surface area contributed by atoms with Gasteiger partial charge >= 0.3 is 0 Å². The van der Waals surface area contributed by atoms with Crippen molar-refractivity contribution in [3.8, 4) is 0 Å². The maximum absolute atomic E-state index is 12.4. The summed E-state index contributed by atoms with van der Waals surface area (Å²) in [5.41, 5.74) is 1.71. The van der Waals surface area contributed by atoms with E-state index in [4.69, 9.17) is 0 Å². The van der Waals surface area contributed by atoms with Gasteiger partial charge in [-0.15, -0.1) is 0 Å². The predicted molar refractivity (Wildman–Crippen MR) is 67.0 cm³/mol. The van der Waals surface area contributed by atoms with Gasteiger partial charge in [0.15, 0.2) is 0 Å². The summed E-state index contributed by atoms with van der Waals surface area (Å²) in [4.78, 5) is 14.4. The highest BCUT2D eigenvalue weighted by Crippen LogP contribution is 2.15. The van der Waals surface area contributed by atoms with Crippen LogP contribution in [0.25, 0.3) is 0 Å². The van der Waals surface area contributed by atoms with E-state index in [2.05, 4.69) is 5.10 Å². The molecule has 1 aliphatic rings. The van der Waals surface area contributed by atoms with Gasteiger partial charge in [0.2, 0.25) is 0 Å². The maximum atomic E-state index is 12.4. The fourth-order valence-corrected chi connectivity index (χ4v) is 2.42. The number of hydrogen-bond acceptors (Lipinski definition) is 2. The van der Waals surface area contributed by atoms with Crippen molar-refractivity contribution in [3.05, 3.63) is 17.5 Å². The number of aryl methyl sites for hydroxylation is 2. The summed E-state index contributed by atoms with van der Waals surface area (Å²) in [6.45, 7) is 3.84. The number of carbonyl (C=O) groups is 1. The third kappa shape index (κ3) is 2.68. The zero-order chi connectivity index (χ0) is 12.3. The van der Waals surface area contributed by atoms with Gasteiger partial charge in [-0.2, -0.15) is 5.10 Å². The van der Waals surface area contributed by atoms with E-state index < -0.39 is 0 Å². The summed E-state index contributed by atoms with van der Waals surface area (Å²) in [5, 5.41) is 4.34. The van der Waals surface area contributed by atoms with Crippen LogP contribution in [0.5, 0.6) is 0 Å². The lowest BCUT2D eigenvalue weighted by Crippen LogP contribution is -2.32. The second kappa shape index (κ2) is 5.34. The van der Waals surface area contributed by atoms with E-state index in [9.17, 15) is 4.79 Å². The lowest BCUT2D eigenvalue weighted by molar-refractivity contribution is 0.0760. The molecule has 1 fully saturated rings. The molecule has 1 saturated heterocycles. The van der Waals surface area contributed by atoms with Crippen molar-refractivity contribution in [2.24, 2.45) is 7.05 Å². The van der Waals surface area contributed by atoms with Gasteiger partial charge in [0.1, 0.15) is 0 Å². The Hall–Kier alpha value is -1.32. The minimum atomic E-state index is 0.164. The fraction of sp³-hybridized carbons (Fsp3) is 0.692. The SMILES string of the molecule is CCc1nn(C)cc1C(=O)N1CCCCCC1. The van der Waals surface area contributed by atoms with Crippen molar-refractivity contribution >= 4 is 5.91 Å². The molecule has 1 aromatic rings. The summed E-state index contributed by atoms with van der Waals surface area (Å²) in [6, 6.07) is 0. The molecule has 94 valence electrons. The van der Waals surface area contributed by atoms with E-state index in [0.717, 1.165) is 43.6 Å². The first-order valence-electron chi connectivity index (χ1n) is 6.54. The van der Waals surface area contributed by atoms with Gasteiger partial charge in [-0.3, -0.25) is 9.48 Å². The molecule has 1 aliphatic heterocycles. The first-order valence-corrected chi connectivity index (χ1v) is 6.54. The number of likely N-dealkylation sites (tertiary alicyclic amines) is 1. The molecule has 17 heavy (non-hydrogen) atoms. The third-order valence-corrected chi connectivity index (χ3v) is 3.36. The number of aromatic nitrogens is 2. The fourth-order valence-electron chi connectivity index (χ4n) is 2.42. The molecule has 1 aromatic heterocycles. The monoisotopic (exact) mass is 235 g/mol. The molecule has 4 nitrogen and oxygen atoms in total. The van der Waals surface area contributed by atoms with Crippen molar-refractivity contribution in [2.45, 2.75) is 39.0 Å². The van der Waals surface area contributed by atoms with Crippen LogP contribution in [0.2, 0.25) is 0 Å². The summed E-state index contributed by atoms with van der Waals surface area (Å²) in [5.74, 6) is 0.164. The number of carbonyl (C=O) groups excluding carboxylic acids is 1. The molecular formula is C13H21N3O. The predicted octanol–water partition coefficient (Wildman–Crippen LogP) is 2.00. The van der Waals surface area contributed by atoms with E-state index in [1.54, 1.807) is 4.68 Å². The molecule has 0 aliphatic carbocycles. The topological polar surface area (TPSA) is 38.1 Å². The first kappa shape index (κ1) is 12.1. The Morgan fingerprint density at radius 1 is 1.29 bits per heavy atom. The average Bonchev–Trinajstić information content (AvgIpc) is 2.55. The second-order valence-corrected chi connectivity index (χ2v) is 4.72. The standard InChI is InChI=1S/C13H21N3O/c1-3-12-11(10-15(2)14-12)13(17)16-8-6-4-5-7-9-16/h10H,3-9H2,1-2H3. The summed E-state index contributed by atoms with van der Waals surface area (Å²) >= 11 is 0. The molecule has 0 bridgehead atoms. The Morgan fingerprint density at radius 2 is 1.94 bits per heavy atom. The highest BCUT2D eigenvalue weighted by molar-refractivity contribution is 5.95. The van der Waals surface area contributed by atoms with E-state index >= 15 is 0 Å². The molecule has 4 heteroatoms. The zero-order valence-electron chi connectivity index (χ0n) is 10.8. The number of hydrogen-bond donors (Lipinski definition) is 0.